The molecule has 3 nitrogen and oxygen atoms in total. The van der Waals surface area contributed by atoms with Crippen LogP contribution in [0.4, 0.5) is 5.82 Å². The van der Waals surface area contributed by atoms with Gasteiger partial charge in [-0.3, -0.25) is 4.98 Å². The molecular formula is C12H12ClN3. The van der Waals surface area contributed by atoms with E-state index in [0.29, 0.717) is 17.4 Å². The number of rotatable bonds is 3. The van der Waals surface area contributed by atoms with Crippen LogP contribution < -0.4 is 5.32 Å². The van der Waals surface area contributed by atoms with E-state index in [1.807, 2.05) is 24.4 Å². The quantitative estimate of drug-likeness (QED) is 0.886. The van der Waals surface area contributed by atoms with E-state index in [2.05, 4.69) is 22.2 Å². The Morgan fingerprint density at radius 2 is 2.19 bits per heavy atom. The van der Waals surface area contributed by atoms with Gasteiger partial charge in [-0.2, -0.15) is 0 Å². The largest absolute Gasteiger partial charge is 0.365 e. The number of hydrogen-bond donors (Lipinski definition) is 1. The predicted molar refractivity (Wildman–Crippen MR) is 65.5 cm³/mol. The maximum atomic E-state index is 5.99. The Bertz CT molecular complexity index is 440. The van der Waals surface area contributed by atoms with Crippen molar-refractivity contribution in [3.8, 4) is 0 Å². The number of nitrogens with zero attached hydrogens (tertiary/aromatic N) is 2. The van der Waals surface area contributed by atoms with Crippen LogP contribution in [0.15, 0.2) is 36.8 Å². The van der Waals surface area contributed by atoms with Gasteiger partial charge in [-0.1, -0.05) is 11.6 Å². The fourth-order valence-corrected chi connectivity index (χ4v) is 1.56. The van der Waals surface area contributed by atoms with Crippen molar-refractivity contribution >= 4 is 17.4 Å². The summed E-state index contributed by atoms with van der Waals surface area (Å²) >= 11 is 5.99. The Balaban J connectivity index is 2.09. The number of nitrogens with one attached hydrogen (secondary N) is 1. The van der Waals surface area contributed by atoms with Crippen LogP contribution in [0.5, 0.6) is 0 Å². The van der Waals surface area contributed by atoms with Gasteiger partial charge < -0.3 is 5.32 Å². The molecule has 2 aromatic heterocycles. The Morgan fingerprint density at radius 3 is 2.94 bits per heavy atom. The van der Waals surface area contributed by atoms with E-state index in [1.54, 1.807) is 12.4 Å². The summed E-state index contributed by atoms with van der Waals surface area (Å²) in [6, 6.07) is 5.60. The third-order valence-corrected chi connectivity index (χ3v) is 2.66. The fourth-order valence-electron chi connectivity index (χ4n) is 1.38. The van der Waals surface area contributed by atoms with E-state index in [1.165, 1.54) is 5.56 Å². The number of anilines is 1. The minimum Gasteiger partial charge on any atom is -0.365 e. The summed E-state index contributed by atoms with van der Waals surface area (Å²) in [6.45, 7) is 2.73. The molecule has 1 N–H and O–H groups in total. The summed E-state index contributed by atoms with van der Waals surface area (Å²) in [5.74, 6) is 0.701. The van der Waals surface area contributed by atoms with Crippen molar-refractivity contribution in [2.45, 2.75) is 13.5 Å². The minimum absolute atomic E-state index is 0.629. The molecule has 2 heterocycles. The molecule has 0 fully saturated rings. The number of aryl methyl sites for hydroxylation is 1. The van der Waals surface area contributed by atoms with Crippen LogP contribution in [-0.4, -0.2) is 9.97 Å². The van der Waals surface area contributed by atoms with Gasteiger partial charge in [0.25, 0.3) is 0 Å². The van der Waals surface area contributed by atoms with Crippen LogP contribution in [0.3, 0.4) is 0 Å². The molecule has 0 spiro atoms. The topological polar surface area (TPSA) is 37.8 Å². The summed E-state index contributed by atoms with van der Waals surface area (Å²) in [7, 11) is 0. The molecule has 0 aliphatic carbocycles. The zero-order valence-electron chi connectivity index (χ0n) is 8.94. The molecule has 2 aromatic rings. The normalized spacial score (nSPS) is 10.1. The molecule has 0 aliphatic heterocycles. The van der Waals surface area contributed by atoms with Crippen LogP contribution in [0.25, 0.3) is 0 Å². The minimum atomic E-state index is 0.629. The lowest BCUT2D eigenvalue weighted by Crippen LogP contribution is -2.03. The summed E-state index contributed by atoms with van der Waals surface area (Å²) in [6.07, 6.45) is 5.34. The van der Waals surface area contributed by atoms with Crippen LogP contribution >= 0.6 is 11.6 Å². The van der Waals surface area contributed by atoms with Crippen molar-refractivity contribution in [1.82, 2.24) is 9.97 Å². The lowest BCUT2D eigenvalue weighted by Gasteiger charge is -2.08. The first-order chi connectivity index (χ1) is 7.77. The summed E-state index contributed by atoms with van der Waals surface area (Å²) in [5, 5.41) is 3.82. The van der Waals surface area contributed by atoms with Gasteiger partial charge in [0.1, 0.15) is 5.82 Å². The molecule has 2 rings (SSSR count). The Labute approximate surface area is 99.5 Å². The van der Waals surface area contributed by atoms with Gasteiger partial charge >= 0.3 is 0 Å². The van der Waals surface area contributed by atoms with E-state index >= 15 is 0 Å². The maximum Gasteiger partial charge on any atom is 0.145 e. The van der Waals surface area contributed by atoms with Crippen molar-refractivity contribution < 1.29 is 0 Å². The predicted octanol–water partition coefficient (Wildman–Crippen LogP) is 3.05. The zero-order chi connectivity index (χ0) is 11.4. The summed E-state index contributed by atoms with van der Waals surface area (Å²) in [4.78, 5) is 8.25. The summed E-state index contributed by atoms with van der Waals surface area (Å²) < 4.78 is 0. The van der Waals surface area contributed by atoms with Gasteiger partial charge in [-0.15, -0.1) is 0 Å². The third kappa shape index (κ3) is 2.49. The highest BCUT2D eigenvalue weighted by Crippen LogP contribution is 2.18. The fraction of sp³-hybridized carbons (Fsp3) is 0.167. The van der Waals surface area contributed by atoms with Crippen molar-refractivity contribution in [2.24, 2.45) is 0 Å². The number of aromatic nitrogens is 2. The zero-order valence-corrected chi connectivity index (χ0v) is 9.70. The van der Waals surface area contributed by atoms with E-state index in [9.17, 15) is 0 Å². The Kier molecular flexibility index (Phi) is 3.37. The van der Waals surface area contributed by atoms with E-state index in [-0.39, 0.29) is 0 Å². The monoisotopic (exact) mass is 233 g/mol. The molecule has 0 amide bonds. The van der Waals surface area contributed by atoms with E-state index in [0.717, 1.165) is 5.56 Å². The van der Waals surface area contributed by atoms with Crippen molar-refractivity contribution in [2.75, 3.05) is 5.32 Å². The highest BCUT2D eigenvalue weighted by atomic mass is 35.5. The van der Waals surface area contributed by atoms with Crippen LogP contribution in [0, 0.1) is 6.92 Å². The molecule has 0 atom stereocenters. The van der Waals surface area contributed by atoms with Crippen molar-refractivity contribution in [1.29, 1.82) is 0 Å². The molecule has 4 heteroatoms. The van der Waals surface area contributed by atoms with Gasteiger partial charge in [0, 0.05) is 25.1 Å². The van der Waals surface area contributed by atoms with Crippen LogP contribution in [0.2, 0.25) is 5.02 Å². The van der Waals surface area contributed by atoms with Gasteiger partial charge in [-0.25, -0.2) is 4.98 Å². The maximum absolute atomic E-state index is 5.99. The Hall–Kier alpha value is -1.61. The second-order valence-corrected chi connectivity index (χ2v) is 3.90. The van der Waals surface area contributed by atoms with Gasteiger partial charge in [0.05, 0.1) is 5.02 Å². The van der Waals surface area contributed by atoms with Gasteiger partial charge in [0.15, 0.2) is 0 Å². The van der Waals surface area contributed by atoms with Gasteiger partial charge in [0.2, 0.25) is 0 Å². The average Bonchev–Trinajstić information content (AvgIpc) is 2.30. The van der Waals surface area contributed by atoms with Crippen molar-refractivity contribution in [3.63, 3.8) is 0 Å². The first kappa shape index (κ1) is 10.9. The van der Waals surface area contributed by atoms with Crippen LogP contribution in [0.1, 0.15) is 11.1 Å². The van der Waals surface area contributed by atoms with Gasteiger partial charge in [-0.05, 0) is 36.2 Å². The molecule has 0 saturated heterocycles. The second-order valence-electron chi connectivity index (χ2n) is 3.49. The number of halogens is 1. The van der Waals surface area contributed by atoms with Crippen LogP contribution in [-0.2, 0) is 6.54 Å². The molecular weight excluding hydrogens is 222 g/mol. The molecule has 0 radical (unpaired) electrons. The molecule has 0 aromatic carbocycles. The molecule has 0 aliphatic rings. The molecule has 0 unspecified atom stereocenters. The average molecular weight is 234 g/mol. The highest BCUT2D eigenvalue weighted by Gasteiger charge is 2.01. The Morgan fingerprint density at radius 1 is 1.31 bits per heavy atom. The lowest BCUT2D eigenvalue weighted by atomic mass is 10.1. The summed E-state index contributed by atoms with van der Waals surface area (Å²) in [5.41, 5.74) is 2.35. The van der Waals surface area contributed by atoms with E-state index < -0.39 is 0 Å². The van der Waals surface area contributed by atoms with E-state index in [4.69, 9.17) is 11.6 Å². The molecule has 82 valence electrons. The first-order valence-electron chi connectivity index (χ1n) is 5.01. The third-order valence-electron chi connectivity index (χ3n) is 2.35. The number of hydrogen-bond acceptors (Lipinski definition) is 3. The molecule has 0 saturated carbocycles. The standard InChI is InChI=1S/C12H12ClN3/c1-9-4-6-14-7-10(9)8-16-12-11(13)3-2-5-15-12/h2-7H,8H2,1H3,(H,15,16). The molecule has 16 heavy (non-hydrogen) atoms. The second kappa shape index (κ2) is 4.94. The number of pyridine rings is 2. The SMILES string of the molecule is Cc1ccncc1CNc1ncccc1Cl. The molecule has 0 bridgehead atoms. The highest BCUT2D eigenvalue weighted by molar-refractivity contribution is 6.32. The smallest absolute Gasteiger partial charge is 0.145 e. The van der Waals surface area contributed by atoms with Crippen molar-refractivity contribution in [3.05, 3.63) is 52.9 Å². The lowest BCUT2D eigenvalue weighted by molar-refractivity contribution is 1.06. The first-order valence-corrected chi connectivity index (χ1v) is 5.39.